The summed E-state index contributed by atoms with van der Waals surface area (Å²) < 4.78 is 0.925. The maximum atomic E-state index is 11.3. The number of thiazole rings is 1. The number of hydroxylamine groups is 2. The number of amides is 1. The molecule has 0 aliphatic heterocycles. The van der Waals surface area contributed by atoms with E-state index in [1.54, 1.807) is 20.8 Å². The van der Waals surface area contributed by atoms with Gasteiger partial charge < -0.3 is 10.8 Å². The number of rotatable bonds is 3. The van der Waals surface area contributed by atoms with Crippen molar-refractivity contribution >= 4 is 44.4 Å². The van der Waals surface area contributed by atoms with Crippen molar-refractivity contribution in [3.63, 3.8) is 0 Å². The lowest BCUT2D eigenvalue weighted by Gasteiger charge is -2.31. The van der Waals surface area contributed by atoms with Crippen LogP contribution in [0.25, 0.3) is 21.1 Å². The number of hydrogen-bond donors (Lipinski definition) is 2. The molecule has 0 aliphatic rings. The van der Waals surface area contributed by atoms with Gasteiger partial charge in [-0.1, -0.05) is 18.2 Å². The molecule has 8 heteroatoms. The minimum atomic E-state index is -1.14. The van der Waals surface area contributed by atoms with Crippen molar-refractivity contribution in [3.05, 3.63) is 29.3 Å². The van der Waals surface area contributed by atoms with Crippen LogP contribution < -0.4 is 5.73 Å². The summed E-state index contributed by atoms with van der Waals surface area (Å²) in [5.74, 6) is 0.358. The number of benzene rings is 1. The standard InChI is InChI=1S/C16H18N4O3S/c1-16(2,3)20(15(21)22)23-8-11-19-12-13(24-11)9-6-4-5-7-10(9)18-14(12)17/h4-7H,8H2,1-3H3,(H2,17,18)(H,21,22). The molecule has 0 unspecified atom stereocenters. The molecule has 2 aromatic heterocycles. The number of nitrogens with two attached hydrogens (primary N) is 1. The van der Waals surface area contributed by atoms with E-state index in [1.165, 1.54) is 11.3 Å². The first-order valence-corrected chi connectivity index (χ1v) is 8.18. The summed E-state index contributed by atoms with van der Waals surface area (Å²) in [6, 6.07) is 7.69. The third-order valence-electron chi connectivity index (χ3n) is 3.40. The molecule has 0 atom stereocenters. The lowest BCUT2D eigenvalue weighted by Crippen LogP contribution is -2.44. The molecular weight excluding hydrogens is 328 g/mol. The van der Waals surface area contributed by atoms with E-state index < -0.39 is 11.6 Å². The van der Waals surface area contributed by atoms with Crippen LogP contribution in [0.15, 0.2) is 24.3 Å². The Labute approximate surface area is 142 Å². The molecule has 2 heterocycles. The zero-order valence-corrected chi connectivity index (χ0v) is 14.4. The van der Waals surface area contributed by atoms with Crippen LogP contribution in [0.3, 0.4) is 0 Å². The Kier molecular flexibility index (Phi) is 4.02. The zero-order chi connectivity index (χ0) is 17.5. The van der Waals surface area contributed by atoms with E-state index in [0.29, 0.717) is 16.3 Å². The summed E-state index contributed by atoms with van der Waals surface area (Å²) in [6.07, 6.45) is -1.14. The highest BCUT2D eigenvalue weighted by Gasteiger charge is 2.28. The van der Waals surface area contributed by atoms with Crippen LogP contribution in [0.4, 0.5) is 10.6 Å². The highest BCUT2D eigenvalue weighted by atomic mass is 32.1. The second-order valence-electron chi connectivity index (χ2n) is 6.32. The number of fused-ring (bicyclic) bond motifs is 3. The summed E-state index contributed by atoms with van der Waals surface area (Å²) in [7, 11) is 0. The monoisotopic (exact) mass is 346 g/mol. The molecule has 126 valence electrons. The summed E-state index contributed by atoms with van der Waals surface area (Å²) >= 11 is 1.43. The predicted molar refractivity (Wildman–Crippen MR) is 93.7 cm³/mol. The predicted octanol–water partition coefficient (Wildman–Crippen LogP) is 3.64. The Bertz CT molecular complexity index is 917. The molecule has 0 bridgehead atoms. The molecule has 3 aromatic rings. The number of para-hydroxylation sites is 1. The van der Waals surface area contributed by atoms with Crippen molar-refractivity contribution in [2.24, 2.45) is 0 Å². The summed E-state index contributed by atoms with van der Waals surface area (Å²) in [5.41, 5.74) is 6.75. The second kappa shape index (κ2) is 5.88. The quantitative estimate of drug-likeness (QED) is 0.702. The second-order valence-corrected chi connectivity index (χ2v) is 7.40. The third kappa shape index (κ3) is 2.98. The fourth-order valence-electron chi connectivity index (χ4n) is 2.38. The van der Waals surface area contributed by atoms with Crippen molar-refractivity contribution in [2.75, 3.05) is 5.73 Å². The number of nitrogen functional groups attached to an aromatic ring is 1. The van der Waals surface area contributed by atoms with Crippen molar-refractivity contribution in [2.45, 2.75) is 32.9 Å². The maximum Gasteiger partial charge on any atom is 0.431 e. The molecule has 24 heavy (non-hydrogen) atoms. The summed E-state index contributed by atoms with van der Waals surface area (Å²) in [6.45, 7) is 5.33. The number of carbonyl (C=O) groups is 1. The molecular formula is C16H18N4O3S. The molecule has 0 saturated carbocycles. The molecule has 0 radical (unpaired) electrons. The van der Waals surface area contributed by atoms with Crippen molar-refractivity contribution in [3.8, 4) is 0 Å². The molecule has 7 nitrogen and oxygen atoms in total. The topological polar surface area (TPSA) is 102 Å². The van der Waals surface area contributed by atoms with Crippen LogP contribution in [-0.4, -0.2) is 31.8 Å². The highest BCUT2D eigenvalue weighted by Crippen LogP contribution is 2.32. The first-order valence-electron chi connectivity index (χ1n) is 7.37. The van der Waals surface area contributed by atoms with Gasteiger partial charge in [-0.15, -0.1) is 11.3 Å². The van der Waals surface area contributed by atoms with Crippen LogP contribution >= 0.6 is 11.3 Å². The minimum absolute atomic E-state index is 0.0523. The number of carboxylic acid groups (broad SMARTS) is 1. The molecule has 3 rings (SSSR count). The van der Waals surface area contributed by atoms with E-state index >= 15 is 0 Å². The zero-order valence-electron chi connectivity index (χ0n) is 13.6. The lowest BCUT2D eigenvalue weighted by atomic mass is 10.1. The van der Waals surface area contributed by atoms with Gasteiger partial charge in [-0.2, -0.15) is 5.06 Å². The van der Waals surface area contributed by atoms with E-state index in [9.17, 15) is 9.90 Å². The van der Waals surface area contributed by atoms with Crippen molar-refractivity contribution < 1.29 is 14.7 Å². The Balaban J connectivity index is 1.95. The Morgan fingerprint density at radius 2 is 2.04 bits per heavy atom. The minimum Gasteiger partial charge on any atom is -0.463 e. The van der Waals surface area contributed by atoms with Crippen LogP contribution in [0.1, 0.15) is 25.8 Å². The van der Waals surface area contributed by atoms with Crippen LogP contribution in [0.5, 0.6) is 0 Å². The third-order valence-corrected chi connectivity index (χ3v) is 4.47. The van der Waals surface area contributed by atoms with Crippen LogP contribution in [-0.2, 0) is 11.4 Å². The average molecular weight is 346 g/mol. The number of pyridine rings is 1. The van der Waals surface area contributed by atoms with Gasteiger partial charge in [0, 0.05) is 5.39 Å². The van der Waals surface area contributed by atoms with E-state index in [4.69, 9.17) is 10.6 Å². The number of hydrogen-bond acceptors (Lipinski definition) is 6. The van der Waals surface area contributed by atoms with Gasteiger partial charge in [-0.3, -0.25) is 4.84 Å². The Morgan fingerprint density at radius 3 is 2.71 bits per heavy atom. The fraction of sp³-hybridized carbons (Fsp3) is 0.312. The highest BCUT2D eigenvalue weighted by molar-refractivity contribution is 7.19. The van der Waals surface area contributed by atoms with E-state index in [-0.39, 0.29) is 6.61 Å². The lowest BCUT2D eigenvalue weighted by molar-refractivity contribution is -0.187. The van der Waals surface area contributed by atoms with Gasteiger partial charge in [0.15, 0.2) is 5.82 Å². The van der Waals surface area contributed by atoms with Crippen LogP contribution in [0.2, 0.25) is 0 Å². The maximum absolute atomic E-state index is 11.3. The summed E-state index contributed by atoms with van der Waals surface area (Å²) in [4.78, 5) is 25.6. The van der Waals surface area contributed by atoms with Crippen molar-refractivity contribution in [1.82, 2.24) is 15.0 Å². The fourth-order valence-corrected chi connectivity index (χ4v) is 3.40. The average Bonchev–Trinajstić information content (AvgIpc) is 2.91. The first-order chi connectivity index (χ1) is 11.3. The molecule has 3 N–H and O–H groups in total. The smallest absolute Gasteiger partial charge is 0.431 e. The molecule has 0 saturated heterocycles. The molecule has 0 spiro atoms. The number of anilines is 1. The van der Waals surface area contributed by atoms with Gasteiger partial charge in [-0.05, 0) is 26.8 Å². The van der Waals surface area contributed by atoms with Gasteiger partial charge in [0.05, 0.1) is 15.8 Å². The first kappa shape index (κ1) is 16.4. The van der Waals surface area contributed by atoms with E-state index in [1.807, 2.05) is 24.3 Å². The number of nitrogens with zero attached hydrogens (tertiary/aromatic N) is 3. The van der Waals surface area contributed by atoms with Gasteiger partial charge in [0.1, 0.15) is 17.1 Å². The van der Waals surface area contributed by atoms with Crippen LogP contribution in [0, 0.1) is 0 Å². The molecule has 0 fully saturated rings. The van der Waals surface area contributed by atoms with E-state index in [0.717, 1.165) is 20.7 Å². The normalized spacial score (nSPS) is 12.0. The van der Waals surface area contributed by atoms with Crippen molar-refractivity contribution in [1.29, 1.82) is 0 Å². The number of aromatic nitrogens is 2. The van der Waals surface area contributed by atoms with Gasteiger partial charge >= 0.3 is 6.09 Å². The SMILES string of the molecule is CC(C)(C)N(OCc1nc2c(N)nc3ccccc3c2s1)C(=O)O. The molecule has 0 aliphatic carbocycles. The molecule has 1 aromatic carbocycles. The summed E-state index contributed by atoms with van der Waals surface area (Å²) in [5, 5.41) is 11.8. The van der Waals surface area contributed by atoms with Gasteiger partial charge in [0.2, 0.25) is 0 Å². The van der Waals surface area contributed by atoms with E-state index in [2.05, 4.69) is 9.97 Å². The van der Waals surface area contributed by atoms with Gasteiger partial charge in [0.25, 0.3) is 0 Å². The van der Waals surface area contributed by atoms with Gasteiger partial charge in [-0.25, -0.2) is 14.8 Å². The Morgan fingerprint density at radius 1 is 1.33 bits per heavy atom. The molecule has 1 amide bonds. The Hall–Kier alpha value is -2.45. The largest absolute Gasteiger partial charge is 0.463 e.